The molecule has 12 heavy (non-hydrogen) atoms. The lowest BCUT2D eigenvalue weighted by atomic mass is 9.84. The number of hydrogen-bond acceptors (Lipinski definition) is 1. The lowest BCUT2D eigenvalue weighted by Crippen LogP contribution is -2.23. The predicted octanol–water partition coefficient (Wildman–Crippen LogP) is 2.66. The lowest BCUT2D eigenvalue weighted by molar-refractivity contribution is 0.0659. The maximum atomic E-state index is 9.62. The van der Waals surface area contributed by atoms with Gasteiger partial charge in [0.25, 0.3) is 0 Å². The molecule has 0 spiro atoms. The molecule has 0 aromatic heterocycles. The third-order valence-electron chi connectivity index (χ3n) is 2.70. The van der Waals surface area contributed by atoms with E-state index < -0.39 is 0 Å². The van der Waals surface area contributed by atoms with E-state index >= 15 is 0 Å². The van der Waals surface area contributed by atoms with Gasteiger partial charge in [-0.1, -0.05) is 19.4 Å². The van der Waals surface area contributed by atoms with Gasteiger partial charge in [-0.25, -0.2) is 0 Å². The molecule has 1 aliphatic rings. The van der Waals surface area contributed by atoms with Crippen LogP contribution in [-0.4, -0.2) is 11.2 Å². The quantitative estimate of drug-likeness (QED) is 0.639. The Balaban J connectivity index is 2.24. The van der Waals surface area contributed by atoms with Crippen molar-refractivity contribution in [2.24, 2.45) is 5.92 Å². The summed E-state index contributed by atoms with van der Waals surface area (Å²) in [5, 5.41) is 9.62. The molecule has 68 valence electrons. The Morgan fingerprint density at radius 1 is 1.42 bits per heavy atom. The molecule has 0 amide bonds. The molecule has 0 saturated heterocycles. The molecule has 1 heteroatoms. The molecule has 0 aromatic carbocycles. The highest BCUT2D eigenvalue weighted by atomic mass is 16.3. The van der Waals surface area contributed by atoms with Gasteiger partial charge in [0.2, 0.25) is 0 Å². The average Bonchev–Trinajstić information content (AvgIpc) is 2.09. The first-order valence-electron chi connectivity index (χ1n) is 4.87. The van der Waals surface area contributed by atoms with Gasteiger partial charge in [0.1, 0.15) is 0 Å². The van der Waals surface area contributed by atoms with Crippen LogP contribution in [0.15, 0.2) is 18.4 Å². The van der Waals surface area contributed by atoms with Crippen molar-refractivity contribution in [1.82, 2.24) is 0 Å². The Labute approximate surface area is 74.8 Å². The Morgan fingerprint density at radius 3 is 2.83 bits per heavy atom. The number of hydrogen-bond donors (Lipinski definition) is 1. The van der Waals surface area contributed by atoms with E-state index in [1.54, 1.807) is 0 Å². The summed E-state index contributed by atoms with van der Waals surface area (Å²) in [4.78, 5) is 0. The minimum atomic E-state index is -0.0445. The first kappa shape index (κ1) is 9.57. The molecule has 1 rings (SSSR count). The molecule has 0 bridgehead atoms. The van der Waals surface area contributed by atoms with Crippen molar-refractivity contribution in [3.05, 3.63) is 18.4 Å². The smallest absolute Gasteiger partial charge is 0.0568 e. The molecule has 2 atom stereocenters. The molecule has 1 N–H and O–H groups in total. The fourth-order valence-electron chi connectivity index (χ4n) is 1.92. The third kappa shape index (κ3) is 2.84. The van der Waals surface area contributed by atoms with Crippen LogP contribution in [0.3, 0.4) is 0 Å². The Morgan fingerprint density at radius 2 is 2.17 bits per heavy atom. The summed E-state index contributed by atoms with van der Waals surface area (Å²) in [6.45, 7) is 3.52. The summed E-state index contributed by atoms with van der Waals surface area (Å²) in [5.41, 5.74) is 2.77. The Kier molecular flexibility index (Phi) is 4.13. The highest BCUT2D eigenvalue weighted by molar-refractivity contribution is 4.80. The second-order valence-electron chi connectivity index (χ2n) is 3.60. The molecule has 0 aromatic rings. The van der Waals surface area contributed by atoms with Crippen molar-refractivity contribution in [3.63, 3.8) is 0 Å². The zero-order valence-electron chi connectivity index (χ0n) is 7.63. The molecule has 0 aliphatic heterocycles. The summed E-state index contributed by atoms with van der Waals surface area (Å²) in [6.07, 6.45) is 8.73. The van der Waals surface area contributed by atoms with Crippen LogP contribution in [0.5, 0.6) is 0 Å². The van der Waals surface area contributed by atoms with Gasteiger partial charge in [-0.05, 0) is 37.7 Å². The van der Waals surface area contributed by atoms with Gasteiger partial charge < -0.3 is 5.11 Å². The van der Waals surface area contributed by atoms with Crippen LogP contribution in [0.4, 0.5) is 0 Å². The molecule has 1 aliphatic carbocycles. The molecule has 0 unspecified atom stereocenters. The third-order valence-corrected chi connectivity index (χ3v) is 2.70. The van der Waals surface area contributed by atoms with Crippen molar-refractivity contribution < 1.29 is 5.11 Å². The minimum Gasteiger partial charge on any atom is -0.393 e. The maximum Gasteiger partial charge on any atom is 0.0568 e. The number of rotatable bonds is 3. The summed E-state index contributed by atoms with van der Waals surface area (Å²) in [5.74, 6) is 0.531. The SMILES string of the molecule is C=C=CCC[C@H]1CCCC[C@@H]1O. The van der Waals surface area contributed by atoms with E-state index in [2.05, 4.69) is 12.3 Å². The predicted molar refractivity (Wildman–Crippen MR) is 50.9 cm³/mol. The average molecular weight is 166 g/mol. The number of aliphatic hydroxyl groups excluding tert-OH is 1. The van der Waals surface area contributed by atoms with E-state index in [9.17, 15) is 5.11 Å². The maximum absolute atomic E-state index is 9.62. The highest BCUT2D eigenvalue weighted by Gasteiger charge is 2.21. The summed E-state index contributed by atoms with van der Waals surface area (Å²) < 4.78 is 0. The van der Waals surface area contributed by atoms with Crippen molar-refractivity contribution in [1.29, 1.82) is 0 Å². The highest BCUT2D eigenvalue weighted by Crippen LogP contribution is 2.27. The fraction of sp³-hybridized carbons (Fsp3) is 0.727. The Bertz CT molecular complexity index is 168. The first-order chi connectivity index (χ1) is 5.84. The molecular weight excluding hydrogens is 148 g/mol. The second-order valence-corrected chi connectivity index (χ2v) is 3.60. The van der Waals surface area contributed by atoms with Gasteiger partial charge >= 0.3 is 0 Å². The van der Waals surface area contributed by atoms with E-state index in [0.29, 0.717) is 5.92 Å². The normalized spacial score (nSPS) is 29.4. The summed E-state index contributed by atoms with van der Waals surface area (Å²) in [6, 6.07) is 0. The van der Waals surface area contributed by atoms with Crippen molar-refractivity contribution in [2.45, 2.75) is 44.6 Å². The lowest BCUT2D eigenvalue weighted by Gasteiger charge is -2.26. The second kappa shape index (κ2) is 5.18. The van der Waals surface area contributed by atoms with E-state index in [0.717, 1.165) is 19.3 Å². The van der Waals surface area contributed by atoms with Crippen molar-refractivity contribution >= 4 is 0 Å². The van der Waals surface area contributed by atoms with Crippen LogP contribution in [0.2, 0.25) is 0 Å². The summed E-state index contributed by atoms with van der Waals surface area (Å²) >= 11 is 0. The van der Waals surface area contributed by atoms with Crippen LogP contribution in [-0.2, 0) is 0 Å². The van der Waals surface area contributed by atoms with Gasteiger partial charge in [-0.15, -0.1) is 5.73 Å². The molecule has 0 radical (unpaired) electrons. The summed E-state index contributed by atoms with van der Waals surface area (Å²) in [7, 11) is 0. The van der Waals surface area contributed by atoms with Gasteiger partial charge in [0.15, 0.2) is 0 Å². The van der Waals surface area contributed by atoms with Crippen molar-refractivity contribution in [3.8, 4) is 0 Å². The zero-order valence-corrected chi connectivity index (χ0v) is 7.63. The van der Waals surface area contributed by atoms with Gasteiger partial charge in [0, 0.05) is 0 Å². The number of aliphatic hydroxyl groups is 1. The van der Waals surface area contributed by atoms with Crippen LogP contribution < -0.4 is 0 Å². The van der Waals surface area contributed by atoms with E-state index in [-0.39, 0.29) is 6.10 Å². The zero-order chi connectivity index (χ0) is 8.81. The molecular formula is C11H18O. The molecule has 1 saturated carbocycles. The fourth-order valence-corrected chi connectivity index (χ4v) is 1.92. The van der Waals surface area contributed by atoms with Gasteiger partial charge in [-0.2, -0.15) is 0 Å². The van der Waals surface area contributed by atoms with Gasteiger partial charge in [-0.3, -0.25) is 0 Å². The molecule has 0 heterocycles. The van der Waals surface area contributed by atoms with Crippen LogP contribution >= 0.6 is 0 Å². The molecule has 1 fully saturated rings. The largest absolute Gasteiger partial charge is 0.393 e. The van der Waals surface area contributed by atoms with E-state index in [1.165, 1.54) is 19.3 Å². The Hall–Kier alpha value is -0.520. The van der Waals surface area contributed by atoms with Crippen LogP contribution in [0.25, 0.3) is 0 Å². The minimum absolute atomic E-state index is 0.0445. The topological polar surface area (TPSA) is 20.2 Å². The van der Waals surface area contributed by atoms with E-state index in [1.807, 2.05) is 6.08 Å². The monoisotopic (exact) mass is 166 g/mol. The van der Waals surface area contributed by atoms with Crippen LogP contribution in [0.1, 0.15) is 38.5 Å². The standard InChI is InChI=1S/C11H18O/c1-2-3-4-7-10-8-5-6-9-11(10)12/h3,10-12H,1,4-9H2/t10-,11-/m0/s1. The van der Waals surface area contributed by atoms with E-state index in [4.69, 9.17) is 0 Å². The van der Waals surface area contributed by atoms with Crippen molar-refractivity contribution in [2.75, 3.05) is 0 Å². The number of allylic oxidation sites excluding steroid dienone is 1. The van der Waals surface area contributed by atoms with Gasteiger partial charge in [0.05, 0.1) is 6.10 Å². The first-order valence-corrected chi connectivity index (χ1v) is 4.87. The molecule has 1 nitrogen and oxygen atoms in total. The van der Waals surface area contributed by atoms with Crippen LogP contribution in [0, 0.1) is 5.92 Å².